The average Bonchev–Trinajstić information content (AvgIpc) is 2.72. The topological polar surface area (TPSA) is 102 Å². The maximum Gasteiger partial charge on any atom is 0.190 e. The standard InChI is InChI=1S/C21H28N4O3S/c1-15(2)8-13-29-21-23-19(16-4-6-17(28-3)7-5-16)18(14-22)20(24-21)25(9-11-26)10-12-27/h4-7,15,26-27H,8-13H2,1-3H3. The Morgan fingerprint density at radius 1 is 1.14 bits per heavy atom. The molecule has 0 saturated heterocycles. The number of aliphatic hydroxyl groups is 2. The molecule has 8 heteroatoms. The summed E-state index contributed by atoms with van der Waals surface area (Å²) in [5.74, 6) is 2.59. The normalized spacial score (nSPS) is 10.8. The second-order valence-corrected chi connectivity index (χ2v) is 7.92. The second kappa shape index (κ2) is 11.6. The zero-order valence-corrected chi connectivity index (χ0v) is 17.9. The van der Waals surface area contributed by atoms with Crippen molar-refractivity contribution < 1.29 is 14.9 Å². The van der Waals surface area contributed by atoms with Gasteiger partial charge in [-0.05, 0) is 36.6 Å². The zero-order valence-electron chi connectivity index (χ0n) is 17.1. The third kappa shape index (κ3) is 6.32. The van der Waals surface area contributed by atoms with Crippen LogP contribution in [0.25, 0.3) is 11.3 Å². The molecule has 2 N–H and O–H groups in total. The van der Waals surface area contributed by atoms with Crippen LogP contribution in [0.3, 0.4) is 0 Å². The fraction of sp³-hybridized carbons (Fsp3) is 0.476. The lowest BCUT2D eigenvalue weighted by molar-refractivity contribution is 0.280. The lowest BCUT2D eigenvalue weighted by atomic mass is 10.1. The number of ether oxygens (including phenoxy) is 1. The first-order valence-electron chi connectivity index (χ1n) is 9.60. The lowest BCUT2D eigenvalue weighted by Crippen LogP contribution is -2.31. The van der Waals surface area contributed by atoms with Gasteiger partial charge in [-0.3, -0.25) is 0 Å². The highest BCUT2D eigenvalue weighted by Gasteiger charge is 2.21. The Kier molecular flexibility index (Phi) is 9.19. The van der Waals surface area contributed by atoms with Crippen molar-refractivity contribution in [2.75, 3.05) is 44.1 Å². The SMILES string of the molecule is COc1ccc(-c2nc(SCCC(C)C)nc(N(CCO)CCO)c2C#N)cc1. The van der Waals surface area contributed by atoms with Gasteiger partial charge in [0.05, 0.1) is 26.0 Å². The van der Waals surface area contributed by atoms with Crippen LogP contribution in [0, 0.1) is 17.2 Å². The first kappa shape index (κ1) is 22.9. The quantitative estimate of drug-likeness (QED) is 0.426. The molecule has 0 spiro atoms. The number of hydrogen-bond donors (Lipinski definition) is 2. The number of nitrogens with zero attached hydrogens (tertiary/aromatic N) is 4. The summed E-state index contributed by atoms with van der Waals surface area (Å²) in [7, 11) is 1.60. The number of aromatic nitrogens is 2. The van der Waals surface area contributed by atoms with Crippen molar-refractivity contribution in [3.63, 3.8) is 0 Å². The summed E-state index contributed by atoms with van der Waals surface area (Å²) in [6.07, 6.45) is 1.03. The molecule has 0 fully saturated rings. The van der Waals surface area contributed by atoms with Gasteiger partial charge in [-0.25, -0.2) is 9.97 Å². The number of aliphatic hydroxyl groups excluding tert-OH is 2. The van der Waals surface area contributed by atoms with Crippen LogP contribution in [0.5, 0.6) is 5.75 Å². The molecule has 2 rings (SSSR count). The molecule has 0 aliphatic heterocycles. The highest BCUT2D eigenvalue weighted by atomic mass is 32.2. The van der Waals surface area contributed by atoms with Crippen molar-refractivity contribution in [1.29, 1.82) is 5.26 Å². The molecule has 0 radical (unpaired) electrons. The minimum atomic E-state index is -0.109. The summed E-state index contributed by atoms with van der Waals surface area (Å²) in [5, 5.41) is 29.3. The molecule has 0 atom stereocenters. The number of anilines is 1. The maximum atomic E-state index is 9.87. The van der Waals surface area contributed by atoms with Gasteiger partial charge in [-0.1, -0.05) is 25.6 Å². The van der Waals surface area contributed by atoms with E-state index in [1.54, 1.807) is 23.8 Å². The summed E-state index contributed by atoms with van der Waals surface area (Å²) >= 11 is 1.54. The molecule has 1 aromatic carbocycles. The van der Waals surface area contributed by atoms with E-state index in [9.17, 15) is 15.5 Å². The van der Waals surface area contributed by atoms with Crippen LogP contribution in [-0.4, -0.2) is 59.3 Å². The Balaban J connectivity index is 2.55. The highest BCUT2D eigenvalue weighted by Crippen LogP contribution is 2.32. The van der Waals surface area contributed by atoms with Crippen molar-refractivity contribution in [3.8, 4) is 23.1 Å². The molecule has 2 aromatic rings. The van der Waals surface area contributed by atoms with Gasteiger partial charge < -0.3 is 19.8 Å². The molecule has 0 saturated carbocycles. The molecule has 7 nitrogen and oxygen atoms in total. The van der Waals surface area contributed by atoms with E-state index < -0.39 is 0 Å². The van der Waals surface area contributed by atoms with Crippen molar-refractivity contribution in [2.24, 2.45) is 5.92 Å². The van der Waals surface area contributed by atoms with Crippen LogP contribution >= 0.6 is 11.8 Å². The zero-order chi connectivity index (χ0) is 21.2. The Labute approximate surface area is 176 Å². The summed E-state index contributed by atoms with van der Waals surface area (Å²) in [6, 6.07) is 9.58. The molecule has 1 aromatic heterocycles. The molecule has 156 valence electrons. The number of nitriles is 1. The van der Waals surface area contributed by atoms with E-state index in [2.05, 4.69) is 29.9 Å². The molecular weight excluding hydrogens is 388 g/mol. The van der Waals surface area contributed by atoms with Crippen LogP contribution in [0.1, 0.15) is 25.8 Å². The van der Waals surface area contributed by atoms with E-state index in [0.29, 0.717) is 28.1 Å². The predicted molar refractivity (Wildman–Crippen MR) is 115 cm³/mol. The molecule has 0 bridgehead atoms. The van der Waals surface area contributed by atoms with E-state index in [1.807, 2.05) is 24.3 Å². The number of thioether (sulfide) groups is 1. The van der Waals surface area contributed by atoms with Gasteiger partial charge in [-0.2, -0.15) is 5.26 Å². The third-order valence-corrected chi connectivity index (χ3v) is 5.19. The molecule has 0 unspecified atom stereocenters. The first-order chi connectivity index (χ1) is 14.0. The molecule has 29 heavy (non-hydrogen) atoms. The predicted octanol–water partition coefficient (Wildman–Crippen LogP) is 2.95. The first-order valence-corrected chi connectivity index (χ1v) is 10.6. The van der Waals surface area contributed by atoms with Crippen LogP contribution in [0.15, 0.2) is 29.4 Å². The largest absolute Gasteiger partial charge is 0.497 e. The fourth-order valence-electron chi connectivity index (χ4n) is 2.73. The summed E-state index contributed by atoms with van der Waals surface area (Å²) in [6.45, 7) is 4.65. The molecule has 1 heterocycles. The van der Waals surface area contributed by atoms with Gasteiger partial charge in [-0.15, -0.1) is 0 Å². The van der Waals surface area contributed by atoms with E-state index in [0.717, 1.165) is 23.5 Å². The average molecular weight is 417 g/mol. The van der Waals surface area contributed by atoms with Crippen molar-refractivity contribution in [3.05, 3.63) is 29.8 Å². The summed E-state index contributed by atoms with van der Waals surface area (Å²) in [5.41, 5.74) is 1.64. The van der Waals surface area contributed by atoms with Crippen molar-refractivity contribution in [1.82, 2.24) is 9.97 Å². The van der Waals surface area contributed by atoms with Crippen molar-refractivity contribution >= 4 is 17.6 Å². The fourth-order valence-corrected chi connectivity index (χ4v) is 3.81. The highest BCUT2D eigenvalue weighted by molar-refractivity contribution is 7.99. The second-order valence-electron chi connectivity index (χ2n) is 6.86. The van der Waals surface area contributed by atoms with E-state index in [4.69, 9.17) is 4.74 Å². The Bertz CT molecular complexity index is 816. The number of methoxy groups -OCH3 is 1. The Morgan fingerprint density at radius 3 is 2.31 bits per heavy atom. The van der Waals surface area contributed by atoms with E-state index >= 15 is 0 Å². The lowest BCUT2D eigenvalue weighted by Gasteiger charge is -2.24. The molecule has 0 aliphatic rings. The van der Waals surface area contributed by atoms with Crippen molar-refractivity contribution in [2.45, 2.75) is 25.4 Å². The smallest absolute Gasteiger partial charge is 0.190 e. The number of rotatable bonds is 11. The number of hydrogen-bond acceptors (Lipinski definition) is 8. The van der Waals surface area contributed by atoms with Gasteiger partial charge in [0.2, 0.25) is 0 Å². The van der Waals surface area contributed by atoms with Crippen LogP contribution in [0.2, 0.25) is 0 Å². The van der Waals surface area contributed by atoms with E-state index in [-0.39, 0.29) is 26.3 Å². The van der Waals surface area contributed by atoms with Gasteiger partial charge in [0, 0.05) is 24.4 Å². The number of benzene rings is 1. The minimum Gasteiger partial charge on any atom is -0.497 e. The van der Waals surface area contributed by atoms with Gasteiger partial charge >= 0.3 is 0 Å². The van der Waals surface area contributed by atoms with E-state index in [1.165, 1.54) is 0 Å². The summed E-state index contributed by atoms with van der Waals surface area (Å²) in [4.78, 5) is 11.0. The Hall–Kier alpha value is -2.34. The summed E-state index contributed by atoms with van der Waals surface area (Å²) < 4.78 is 5.22. The van der Waals surface area contributed by atoms with Gasteiger partial charge in [0.25, 0.3) is 0 Å². The molecular formula is C21H28N4O3S. The van der Waals surface area contributed by atoms with Crippen LogP contribution < -0.4 is 9.64 Å². The third-order valence-electron chi connectivity index (χ3n) is 4.31. The van der Waals surface area contributed by atoms with Crippen LogP contribution in [-0.2, 0) is 0 Å². The van der Waals surface area contributed by atoms with Gasteiger partial charge in [0.1, 0.15) is 17.4 Å². The van der Waals surface area contributed by atoms with Crippen LogP contribution in [0.4, 0.5) is 5.82 Å². The maximum absolute atomic E-state index is 9.87. The monoisotopic (exact) mass is 416 g/mol. The Morgan fingerprint density at radius 2 is 1.79 bits per heavy atom. The van der Waals surface area contributed by atoms with Gasteiger partial charge in [0.15, 0.2) is 11.0 Å². The minimum absolute atomic E-state index is 0.109. The molecule has 0 amide bonds. The molecule has 0 aliphatic carbocycles.